The molecule has 0 bridgehead atoms. The Morgan fingerprint density at radius 1 is 1.15 bits per heavy atom. The number of rotatable bonds is 8. The van der Waals surface area contributed by atoms with Gasteiger partial charge in [0.05, 0.1) is 16.7 Å². The van der Waals surface area contributed by atoms with Crippen LogP contribution >= 0.6 is 11.3 Å². The Bertz CT molecular complexity index is 1330. The third kappa shape index (κ3) is 5.59. The first kappa shape index (κ1) is 23.0. The van der Waals surface area contributed by atoms with Crippen molar-refractivity contribution in [3.63, 3.8) is 0 Å². The number of nitrogens with one attached hydrogen (secondary N) is 2. The predicted octanol–water partition coefficient (Wildman–Crippen LogP) is 5.60. The van der Waals surface area contributed by atoms with Crippen LogP contribution in [0, 0.1) is 15.9 Å². The zero-order chi connectivity index (χ0) is 24.1. The van der Waals surface area contributed by atoms with Crippen molar-refractivity contribution in [1.82, 2.24) is 9.97 Å². The van der Waals surface area contributed by atoms with E-state index in [4.69, 9.17) is 0 Å². The molecule has 0 fully saturated rings. The van der Waals surface area contributed by atoms with Crippen molar-refractivity contribution in [2.24, 2.45) is 0 Å². The average Bonchev–Trinajstić information content (AvgIpc) is 3.26. The van der Waals surface area contributed by atoms with Crippen molar-refractivity contribution in [3.8, 4) is 0 Å². The minimum atomic E-state index is -0.537. The average molecular weight is 478 g/mol. The number of halogens is 1. The lowest BCUT2D eigenvalue weighted by Crippen LogP contribution is -2.13. The molecule has 34 heavy (non-hydrogen) atoms. The van der Waals surface area contributed by atoms with Gasteiger partial charge in [-0.05, 0) is 48.9 Å². The molecule has 10 heteroatoms. The Hall–Kier alpha value is -4.18. The number of pyridine rings is 1. The Morgan fingerprint density at radius 3 is 2.74 bits per heavy atom. The van der Waals surface area contributed by atoms with Gasteiger partial charge in [-0.2, -0.15) is 0 Å². The number of anilines is 2. The van der Waals surface area contributed by atoms with E-state index in [1.54, 1.807) is 24.5 Å². The summed E-state index contributed by atoms with van der Waals surface area (Å²) in [4.78, 5) is 33.1. The molecule has 2 aromatic heterocycles. The van der Waals surface area contributed by atoms with Gasteiger partial charge in [-0.25, -0.2) is 9.37 Å². The number of nitro groups is 1. The predicted molar refractivity (Wildman–Crippen MR) is 129 cm³/mol. The van der Waals surface area contributed by atoms with E-state index in [0.717, 1.165) is 16.1 Å². The van der Waals surface area contributed by atoms with Gasteiger partial charge in [0.15, 0.2) is 5.13 Å². The van der Waals surface area contributed by atoms with E-state index in [0.29, 0.717) is 11.6 Å². The summed E-state index contributed by atoms with van der Waals surface area (Å²) in [5.41, 5.74) is 1.72. The minimum absolute atomic E-state index is 0.129. The minimum Gasteiger partial charge on any atom is -0.371 e. The molecule has 1 atom stereocenters. The van der Waals surface area contributed by atoms with Crippen molar-refractivity contribution in [2.45, 2.75) is 19.4 Å². The molecule has 0 aliphatic carbocycles. The topological polar surface area (TPSA) is 110 Å². The van der Waals surface area contributed by atoms with E-state index in [2.05, 4.69) is 20.6 Å². The highest BCUT2D eigenvalue weighted by molar-refractivity contribution is 7.15. The van der Waals surface area contributed by atoms with Crippen molar-refractivity contribution in [2.75, 3.05) is 10.6 Å². The first-order valence-corrected chi connectivity index (χ1v) is 11.2. The fourth-order valence-electron chi connectivity index (χ4n) is 3.35. The van der Waals surface area contributed by atoms with Crippen LogP contribution in [0.25, 0.3) is 0 Å². The normalized spacial score (nSPS) is 11.6. The van der Waals surface area contributed by atoms with Gasteiger partial charge in [0, 0.05) is 35.3 Å². The summed E-state index contributed by atoms with van der Waals surface area (Å²) in [5, 5.41) is 17.8. The lowest BCUT2D eigenvalue weighted by atomic mass is 10.1. The van der Waals surface area contributed by atoms with Gasteiger partial charge in [0.1, 0.15) is 11.5 Å². The van der Waals surface area contributed by atoms with E-state index in [-0.39, 0.29) is 28.8 Å². The molecule has 172 valence electrons. The van der Waals surface area contributed by atoms with Gasteiger partial charge in [-0.15, -0.1) is 11.3 Å². The Morgan fingerprint density at radius 2 is 2.00 bits per heavy atom. The second kappa shape index (κ2) is 10.2. The van der Waals surface area contributed by atoms with E-state index in [1.165, 1.54) is 41.7 Å². The molecule has 0 spiro atoms. The molecule has 2 N–H and O–H groups in total. The third-order valence-electron chi connectivity index (χ3n) is 5.00. The molecular formula is C24H20FN5O3S. The number of amides is 1. The molecule has 0 aliphatic heterocycles. The van der Waals surface area contributed by atoms with Crippen LogP contribution in [-0.2, 0) is 6.42 Å². The van der Waals surface area contributed by atoms with Gasteiger partial charge in [-0.3, -0.25) is 25.2 Å². The Kier molecular flexibility index (Phi) is 6.88. The first-order chi connectivity index (χ1) is 16.4. The third-order valence-corrected chi connectivity index (χ3v) is 5.91. The van der Waals surface area contributed by atoms with E-state index >= 15 is 0 Å². The number of carbonyl (C=O) groups is 1. The number of nitro benzene ring substituents is 1. The van der Waals surface area contributed by atoms with Crippen LogP contribution in [0.2, 0.25) is 0 Å². The maximum absolute atomic E-state index is 13.4. The smallest absolute Gasteiger partial charge is 0.293 e. The molecule has 0 radical (unpaired) electrons. The van der Waals surface area contributed by atoms with Crippen LogP contribution in [-0.4, -0.2) is 20.8 Å². The molecule has 0 aliphatic rings. The van der Waals surface area contributed by atoms with E-state index < -0.39 is 10.8 Å². The van der Waals surface area contributed by atoms with Crippen LogP contribution in [0.3, 0.4) is 0 Å². The Labute approximate surface area is 198 Å². The first-order valence-electron chi connectivity index (χ1n) is 10.4. The van der Waals surface area contributed by atoms with Gasteiger partial charge in [-0.1, -0.05) is 18.2 Å². The highest BCUT2D eigenvalue weighted by Gasteiger charge is 2.20. The van der Waals surface area contributed by atoms with Gasteiger partial charge in [0.2, 0.25) is 0 Å². The monoisotopic (exact) mass is 477 g/mol. The standard InChI is InChI=1S/C24H20FN5O3S/c1-15(20-7-2-3-10-26-20)28-21-9-8-17(13-22(21)30(32)33)23(31)29-24-27-14-19(34-24)12-16-5-4-6-18(25)11-16/h2-11,13-15,28H,12H2,1H3,(H,27,29,31). The molecule has 4 aromatic rings. The lowest BCUT2D eigenvalue weighted by molar-refractivity contribution is -0.384. The number of thiazole rings is 1. The summed E-state index contributed by atoms with van der Waals surface area (Å²) in [5.74, 6) is -0.830. The molecular weight excluding hydrogens is 457 g/mol. The van der Waals surface area contributed by atoms with Crippen molar-refractivity contribution in [1.29, 1.82) is 0 Å². The number of hydrogen-bond acceptors (Lipinski definition) is 7. The van der Waals surface area contributed by atoms with Crippen LogP contribution in [0.4, 0.5) is 20.9 Å². The molecule has 0 saturated carbocycles. The zero-order valence-corrected chi connectivity index (χ0v) is 18.9. The van der Waals surface area contributed by atoms with Crippen LogP contribution < -0.4 is 10.6 Å². The quantitative estimate of drug-likeness (QED) is 0.252. The maximum Gasteiger partial charge on any atom is 0.293 e. The molecule has 0 saturated heterocycles. The van der Waals surface area contributed by atoms with Crippen molar-refractivity contribution < 1.29 is 14.1 Å². The van der Waals surface area contributed by atoms with E-state index in [9.17, 15) is 19.3 Å². The largest absolute Gasteiger partial charge is 0.371 e. The molecule has 4 rings (SSSR count). The van der Waals surface area contributed by atoms with Gasteiger partial charge in [0.25, 0.3) is 11.6 Å². The SMILES string of the molecule is CC(Nc1ccc(C(=O)Nc2ncc(Cc3cccc(F)c3)s2)cc1[N+](=O)[O-])c1ccccn1. The molecule has 8 nitrogen and oxygen atoms in total. The Balaban J connectivity index is 1.46. The number of hydrogen-bond donors (Lipinski definition) is 2. The van der Waals surface area contributed by atoms with Crippen LogP contribution in [0.5, 0.6) is 0 Å². The van der Waals surface area contributed by atoms with Gasteiger partial charge >= 0.3 is 0 Å². The fraction of sp³-hybridized carbons (Fsp3) is 0.125. The van der Waals surface area contributed by atoms with E-state index in [1.807, 2.05) is 25.1 Å². The second-order valence-electron chi connectivity index (χ2n) is 7.50. The molecule has 2 heterocycles. The van der Waals surface area contributed by atoms with Gasteiger partial charge < -0.3 is 5.32 Å². The highest BCUT2D eigenvalue weighted by atomic mass is 32.1. The number of benzene rings is 2. The molecule has 1 amide bonds. The van der Waals surface area contributed by atoms with Crippen LogP contribution in [0.15, 0.2) is 73.1 Å². The summed E-state index contributed by atoms with van der Waals surface area (Å²) in [7, 11) is 0. The maximum atomic E-state index is 13.4. The van der Waals surface area contributed by atoms with Crippen molar-refractivity contribution >= 4 is 33.8 Å². The number of nitrogens with zero attached hydrogens (tertiary/aromatic N) is 3. The van der Waals surface area contributed by atoms with Crippen molar-refractivity contribution in [3.05, 3.63) is 111 Å². The summed E-state index contributed by atoms with van der Waals surface area (Å²) in [6.07, 6.45) is 3.74. The molecule has 1 unspecified atom stereocenters. The highest BCUT2D eigenvalue weighted by Crippen LogP contribution is 2.29. The summed E-state index contributed by atoms with van der Waals surface area (Å²) >= 11 is 1.26. The summed E-state index contributed by atoms with van der Waals surface area (Å²) in [6.45, 7) is 1.84. The summed E-state index contributed by atoms with van der Waals surface area (Å²) in [6, 6.07) is 15.7. The molecule has 2 aromatic carbocycles. The zero-order valence-electron chi connectivity index (χ0n) is 18.1. The lowest BCUT2D eigenvalue weighted by Gasteiger charge is -2.15. The number of aromatic nitrogens is 2. The second-order valence-corrected chi connectivity index (χ2v) is 8.62. The van der Waals surface area contributed by atoms with Crippen LogP contribution in [0.1, 0.15) is 39.5 Å². The number of carbonyl (C=O) groups excluding carboxylic acids is 1. The fourth-order valence-corrected chi connectivity index (χ4v) is 4.19. The summed E-state index contributed by atoms with van der Waals surface area (Å²) < 4.78 is 13.4.